The highest BCUT2D eigenvalue weighted by Gasteiger charge is 2.08. The van der Waals surface area contributed by atoms with Crippen molar-refractivity contribution in [3.63, 3.8) is 0 Å². The van der Waals surface area contributed by atoms with E-state index >= 15 is 0 Å². The van der Waals surface area contributed by atoms with Gasteiger partial charge in [0.1, 0.15) is 11.3 Å². The molecular weight excluding hydrogens is 228 g/mol. The number of hydrogen-bond acceptors (Lipinski definition) is 2. The van der Waals surface area contributed by atoms with Gasteiger partial charge in [0.25, 0.3) is 0 Å². The molecule has 0 aromatic heterocycles. The Morgan fingerprint density at radius 1 is 0.944 bits per heavy atom. The standard InChI is InChI=1S/C15H12O3/c16-14-10-12(8-9-13(14)15(17)18)7-6-11-4-2-1-3-5-11/h1-10,16H,(H,17,18)/b7-6+. The second kappa shape index (κ2) is 5.19. The maximum atomic E-state index is 10.7. The van der Waals surface area contributed by atoms with E-state index in [1.807, 2.05) is 42.5 Å². The Labute approximate surface area is 105 Å². The molecule has 0 amide bonds. The summed E-state index contributed by atoms with van der Waals surface area (Å²) >= 11 is 0. The fraction of sp³-hybridized carbons (Fsp3) is 0. The van der Waals surface area contributed by atoms with Crippen LogP contribution in [0, 0.1) is 0 Å². The summed E-state index contributed by atoms with van der Waals surface area (Å²) in [4.78, 5) is 10.7. The molecule has 0 unspecified atom stereocenters. The van der Waals surface area contributed by atoms with Gasteiger partial charge in [0.05, 0.1) is 0 Å². The van der Waals surface area contributed by atoms with E-state index in [1.165, 1.54) is 12.1 Å². The van der Waals surface area contributed by atoms with E-state index in [-0.39, 0.29) is 11.3 Å². The number of benzene rings is 2. The van der Waals surface area contributed by atoms with Gasteiger partial charge in [0.2, 0.25) is 0 Å². The topological polar surface area (TPSA) is 57.5 Å². The molecule has 18 heavy (non-hydrogen) atoms. The molecular formula is C15H12O3. The van der Waals surface area contributed by atoms with E-state index in [1.54, 1.807) is 6.07 Å². The molecule has 90 valence electrons. The Morgan fingerprint density at radius 2 is 1.61 bits per heavy atom. The van der Waals surface area contributed by atoms with Gasteiger partial charge in [0, 0.05) is 0 Å². The molecule has 0 aliphatic rings. The van der Waals surface area contributed by atoms with Gasteiger partial charge in [-0.1, -0.05) is 48.6 Å². The van der Waals surface area contributed by atoms with E-state index in [0.29, 0.717) is 0 Å². The number of carboxylic acids is 1. The molecule has 0 heterocycles. The van der Waals surface area contributed by atoms with Crippen molar-refractivity contribution in [2.45, 2.75) is 0 Å². The Kier molecular flexibility index (Phi) is 3.44. The van der Waals surface area contributed by atoms with Crippen LogP contribution in [0.5, 0.6) is 5.75 Å². The molecule has 2 rings (SSSR count). The fourth-order valence-corrected chi connectivity index (χ4v) is 1.59. The molecule has 3 nitrogen and oxygen atoms in total. The van der Waals surface area contributed by atoms with Crippen LogP contribution in [-0.4, -0.2) is 16.2 Å². The summed E-state index contributed by atoms with van der Waals surface area (Å²) in [7, 11) is 0. The van der Waals surface area contributed by atoms with Gasteiger partial charge >= 0.3 is 5.97 Å². The number of hydrogen-bond donors (Lipinski definition) is 2. The summed E-state index contributed by atoms with van der Waals surface area (Å²) in [5.74, 6) is -1.36. The minimum Gasteiger partial charge on any atom is -0.507 e. The zero-order chi connectivity index (χ0) is 13.0. The molecule has 2 aromatic rings. The maximum Gasteiger partial charge on any atom is 0.339 e. The first-order valence-corrected chi connectivity index (χ1v) is 5.46. The van der Waals surface area contributed by atoms with Crippen molar-refractivity contribution in [1.82, 2.24) is 0 Å². The monoisotopic (exact) mass is 240 g/mol. The lowest BCUT2D eigenvalue weighted by Crippen LogP contribution is -1.96. The molecule has 0 spiro atoms. The smallest absolute Gasteiger partial charge is 0.339 e. The highest BCUT2D eigenvalue weighted by Crippen LogP contribution is 2.20. The van der Waals surface area contributed by atoms with Crippen molar-refractivity contribution in [2.24, 2.45) is 0 Å². The normalized spacial score (nSPS) is 10.7. The third-order valence-corrected chi connectivity index (χ3v) is 2.52. The van der Waals surface area contributed by atoms with Gasteiger partial charge in [-0.15, -0.1) is 0 Å². The summed E-state index contributed by atoms with van der Waals surface area (Å²) < 4.78 is 0. The van der Waals surface area contributed by atoms with Gasteiger partial charge in [-0.2, -0.15) is 0 Å². The van der Waals surface area contributed by atoms with Crippen LogP contribution in [0.25, 0.3) is 12.2 Å². The minimum absolute atomic E-state index is 0.0909. The van der Waals surface area contributed by atoms with E-state index in [9.17, 15) is 9.90 Å². The van der Waals surface area contributed by atoms with Crippen molar-refractivity contribution in [1.29, 1.82) is 0 Å². The number of carbonyl (C=O) groups is 1. The predicted molar refractivity (Wildman–Crippen MR) is 70.4 cm³/mol. The lowest BCUT2D eigenvalue weighted by molar-refractivity contribution is 0.0694. The summed E-state index contributed by atoms with van der Waals surface area (Å²) in [5.41, 5.74) is 1.70. The Hall–Kier alpha value is -2.55. The third-order valence-electron chi connectivity index (χ3n) is 2.52. The number of carboxylic acid groups (broad SMARTS) is 1. The van der Waals surface area contributed by atoms with Crippen molar-refractivity contribution in [3.8, 4) is 5.75 Å². The third kappa shape index (κ3) is 2.77. The first-order chi connectivity index (χ1) is 8.66. The van der Waals surface area contributed by atoms with Crippen molar-refractivity contribution >= 4 is 18.1 Å². The van der Waals surface area contributed by atoms with Crippen molar-refractivity contribution in [2.75, 3.05) is 0 Å². The quantitative estimate of drug-likeness (QED) is 0.809. The minimum atomic E-state index is -1.13. The van der Waals surface area contributed by atoms with E-state index in [2.05, 4.69) is 0 Å². The summed E-state index contributed by atoms with van der Waals surface area (Å²) in [6.45, 7) is 0. The van der Waals surface area contributed by atoms with Crippen LogP contribution in [0.1, 0.15) is 21.5 Å². The van der Waals surface area contributed by atoms with Crippen LogP contribution in [0.15, 0.2) is 48.5 Å². The van der Waals surface area contributed by atoms with Crippen LogP contribution in [0.3, 0.4) is 0 Å². The van der Waals surface area contributed by atoms with Crippen LogP contribution >= 0.6 is 0 Å². The van der Waals surface area contributed by atoms with Crippen LogP contribution in [0.2, 0.25) is 0 Å². The average molecular weight is 240 g/mol. The molecule has 0 aliphatic carbocycles. The van der Waals surface area contributed by atoms with Gasteiger partial charge in [-0.05, 0) is 23.3 Å². The Morgan fingerprint density at radius 3 is 2.22 bits per heavy atom. The first kappa shape index (κ1) is 11.9. The maximum absolute atomic E-state index is 10.7. The van der Waals surface area contributed by atoms with E-state index in [4.69, 9.17) is 5.11 Å². The Bertz CT molecular complexity index is 586. The fourth-order valence-electron chi connectivity index (χ4n) is 1.59. The largest absolute Gasteiger partial charge is 0.507 e. The lowest BCUT2D eigenvalue weighted by atomic mass is 10.1. The van der Waals surface area contributed by atoms with Crippen LogP contribution in [0.4, 0.5) is 0 Å². The van der Waals surface area contributed by atoms with Gasteiger partial charge in [-0.3, -0.25) is 0 Å². The summed E-state index contributed by atoms with van der Waals surface area (Å²) in [6.07, 6.45) is 3.72. The molecule has 0 atom stereocenters. The molecule has 0 saturated heterocycles. The average Bonchev–Trinajstić information content (AvgIpc) is 2.37. The van der Waals surface area contributed by atoms with Crippen LogP contribution < -0.4 is 0 Å². The lowest BCUT2D eigenvalue weighted by Gasteiger charge is -2.00. The Balaban J connectivity index is 2.23. The molecule has 2 aromatic carbocycles. The highest BCUT2D eigenvalue weighted by atomic mass is 16.4. The van der Waals surface area contributed by atoms with Crippen LogP contribution in [-0.2, 0) is 0 Å². The zero-order valence-corrected chi connectivity index (χ0v) is 9.58. The van der Waals surface area contributed by atoms with E-state index < -0.39 is 5.97 Å². The van der Waals surface area contributed by atoms with Gasteiger partial charge < -0.3 is 10.2 Å². The van der Waals surface area contributed by atoms with Gasteiger partial charge in [-0.25, -0.2) is 4.79 Å². The molecule has 2 N–H and O–H groups in total. The number of aromatic carboxylic acids is 1. The molecule has 0 saturated carbocycles. The SMILES string of the molecule is O=C(O)c1ccc(/C=C/c2ccccc2)cc1O. The molecule has 3 heteroatoms. The molecule has 0 fully saturated rings. The summed E-state index contributed by atoms with van der Waals surface area (Å²) in [5, 5.41) is 18.3. The summed E-state index contributed by atoms with van der Waals surface area (Å²) in [6, 6.07) is 14.2. The van der Waals surface area contributed by atoms with Crippen molar-refractivity contribution < 1.29 is 15.0 Å². The van der Waals surface area contributed by atoms with Crippen molar-refractivity contribution in [3.05, 3.63) is 65.2 Å². The number of aromatic hydroxyl groups is 1. The molecule has 0 aliphatic heterocycles. The first-order valence-electron chi connectivity index (χ1n) is 5.46. The predicted octanol–water partition coefficient (Wildman–Crippen LogP) is 3.26. The number of phenols is 1. The highest BCUT2D eigenvalue weighted by molar-refractivity contribution is 5.91. The second-order valence-electron chi connectivity index (χ2n) is 3.83. The number of rotatable bonds is 3. The molecule has 0 bridgehead atoms. The van der Waals surface area contributed by atoms with E-state index in [0.717, 1.165) is 11.1 Å². The van der Waals surface area contributed by atoms with Gasteiger partial charge in [0.15, 0.2) is 0 Å². The second-order valence-corrected chi connectivity index (χ2v) is 3.83. The zero-order valence-electron chi connectivity index (χ0n) is 9.58. The molecule has 0 radical (unpaired) electrons.